The number of hydrogen-bond acceptors (Lipinski definition) is 10. The summed E-state index contributed by atoms with van der Waals surface area (Å²) in [4.78, 5) is 47.6. The van der Waals surface area contributed by atoms with Crippen LogP contribution < -0.4 is 20.1 Å². The van der Waals surface area contributed by atoms with Gasteiger partial charge in [-0.2, -0.15) is 4.98 Å². The number of fused-ring (bicyclic) bond motifs is 1. The first-order chi connectivity index (χ1) is 25.5. The largest absolute Gasteiger partial charge is 0.481 e. The number of rotatable bonds is 15. The van der Waals surface area contributed by atoms with Gasteiger partial charge in [-0.15, -0.1) is 0 Å². The molecule has 1 aliphatic carbocycles. The van der Waals surface area contributed by atoms with Gasteiger partial charge in [-0.05, 0) is 55.1 Å². The van der Waals surface area contributed by atoms with Gasteiger partial charge in [0.25, 0.3) is 5.91 Å². The number of carboxylic acid groups (broad SMARTS) is 2. The van der Waals surface area contributed by atoms with Gasteiger partial charge in [-0.25, -0.2) is 4.98 Å². The Morgan fingerprint density at radius 2 is 1.83 bits per heavy atom. The van der Waals surface area contributed by atoms with Gasteiger partial charge in [0.15, 0.2) is 0 Å². The van der Waals surface area contributed by atoms with Crippen molar-refractivity contribution in [1.29, 1.82) is 0 Å². The number of hydrogen-bond donors (Lipinski definition) is 5. The molecule has 0 saturated carbocycles. The van der Waals surface area contributed by atoms with Gasteiger partial charge in [0.1, 0.15) is 16.9 Å². The van der Waals surface area contributed by atoms with Crippen LogP contribution in [-0.2, 0) is 29.1 Å². The van der Waals surface area contributed by atoms with Crippen molar-refractivity contribution >= 4 is 46.9 Å². The molecule has 2 aromatic carbocycles. The third-order valence-corrected chi connectivity index (χ3v) is 10.1. The number of benzene rings is 2. The number of aliphatic carboxylic acids is 2. The molecule has 6 rings (SSSR count). The van der Waals surface area contributed by atoms with Crippen molar-refractivity contribution in [2.24, 2.45) is 5.92 Å². The summed E-state index contributed by atoms with van der Waals surface area (Å²) in [6.45, 7) is 1.63. The molecule has 3 unspecified atom stereocenters. The molecule has 15 heteroatoms. The maximum Gasteiger partial charge on any atom is 0.307 e. The number of pyridine rings is 2. The number of carbonyl (C=O) groups excluding carboxylic acids is 1. The van der Waals surface area contributed by atoms with Crippen LogP contribution in [0.4, 0.5) is 5.82 Å². The topological polar surface area (TPSA) is 183 Å². The van der Waals surface area contributed by atoms with Crippen molar-refractivity contribution in [2.45, 2.75) is 51.0 Å². The Morgan fingerprint density at radius 3 is 2.57 bits per heavy atom. The van der Waals surface area contributed by atoms with E-state index in [0.717, 1.165) is 28.7 Å². The molecule has 1 fully saturated rings. The molecule has 1 amide bonds. The van der Waals surface area contributed by atoms with Crippen LogP contribution >= 0.6 is 23.2 Å². The Morgan fingerprint density at radius 1 is 1.02 bits per heavy atom. The number of aliphatic hydroxyl groups excluding tert-OH is 1. The third-order valence-electron chi connectivity index (χ3n) is 9.36. The molecule has 13 nitrogen and oxygen atoms in total. The van der Waals surface area contributed by atoms with Crippen LogP contribution in [-0.4, -0.2) is 80.9 Å². The highest BCUT2D eigenvalue weighted by Crippen LogP contribution is 2.43. The number of aliphatic hydroxyl groups is 1. The van der Waals surface area contributed by atoms with E-state index in [9.17, 15) is 24.6 Å². The van der Waals surface area contributed by atoms with Gasteiger partial charge in [-0.1, -0.05) is 59.6 Å². The average molecular weight is 765 g/mol. The maximum atomic E-state index is 13.5. The predicted molar refractivity (Wildman–Crippen MR) is 198 cm³/mol. The van der Waals surface area contributed by atoms with Gasteiger partial charge in [0, 0.05) is 48.9 Å². The molecule has 3 atom stereocenters. The number of amides is 1. The number of likely N-dealkylation sites (tertiary alicyclic amines) is 1. The molecule has 0 radical (unpaired) electrons. The van der Waals surface area contributed by atoms with Crippen LogP contribution in [0.25, 0.3) is 11.3 Å². The zero-order valence-electron chi connectivity index (χ0n) is 28.8. The van der Waals surface area contributed by atoms with Crippen molar-refractivity contribution in [3.05, 3.63) is 98.5 Å². The first kappa shape index (κ1) is 38.0. The second kappa shape index (κ2) is 16.9. The summed E-state index contributed by atoms with van der Waals surface area (Å²) in [7, 11) is 1.47. The highest BCUT2D eigenvalue weighted by Gasteiger charge is 2.31. The number of nitrogens with one attached hydrogen (secondary N) is 2. The van der Waals surface area contributed by atoms with Gasteiger partial charge < -0.3 is 35.4 Å². The lowest BCUT2D eigenvalue weighted by atomic mass is 9.98. The van der Waals surface area contributed by atoms with Crippen LogP contribution in [0, 0.1) is 5.92 Å². The summed E-state index contributed by atoms with van der Waals surface area (Å²) < 4.78 is 11.9. The van der Waals surface area contributed by atoms with E-state index in [1.165, 1.54) is 7.11 Å². The van der Waals surface area contributed by atoms with Gasteiger partial charge in [0.05, 0.1) is 41.8 Å². The first-order valence-electron chi connectivity index (χ1n) is 17.1. The number of aromatic nitrogens is 2. The summed E-state index contributed by atoms with van der Waals surface area (Å²) in [6.07, 6.45) is -0.0342. The van der Waals surface area contributed by atoms with E-state index in [4.69, 9.17) is 42.8 Å². The van der Waals surface area contributed by atoms with Crippen LogP contribution in [0.3, 0.4) is 0 Å². The van der Waals surface area contributed by atoms with Gasteiger partial charge in [-0.3, -0.25) is 19.3 Å². The fourth-order valence-electron chi connectivity index (χ4n) is 6.72. The second-order valence-electron chi connectivity index (χ2n) is 13.0. The van der Waals surface area contributed by atoms with Crippen molar-refractivity contribution in [3.8, 4) is 23.0 Å². The van der Waals surface area contributed by atoms with Crippen molar-refractivity contribution in [1.82, 2.24) is 20.2 Å². The van der Waals surface area contributed by atoms with E-state index >= 15 is 0 Å². The zero-order valence-corrected chi connectivity index (χ0v) is 30.4. The second-order valence-corrected chi connectivity index (χ2v) is 13.8. The molecule has 1 saturated heterocycles. The standard InChI is InChI=1S/C38H39Cl2N5O8/c1-52-31-15-24(17-41-18-25(46)16-32(47)48)34(40)37(43-31)53-30-12-10-21-5-4-7-27(33(21)30)29-11-9-22(19-45-14-13-23(20-45)38(50)51)35(42-29)44-36(49)26-6-2-3-8-28(26)39/h2-9,11,15,23,25,30,41,46H,10,12-14,16-20H2,1H3,(H,47,48)(H,50,51)(H,42,44,49). The number of halogens is 2. The normalized spacial score (nSPS) is 17.3. The predicted octanol–water partition coefficient (Wildman–Crippen LogP) is 5.61. The van der Waals surface area contributed by atoms with E-state index in [2.05, 4.69) is 15.6 Å². The fourth-order valence-corrected chi connectivity index (χ4v) is 7.15. The van der Waals surface area contributed by atoms with E-state index in [1.807, 2.05) is 35.2 Å². The molecule has 278 valence electrons. The number of aryl methyl sites for hydroxylation is 1. The molecule has 53 heavy (non-hydrogen) atoms. The number of nitrogens with zero attached hydrogens (tertiary/aromatic N) is 3. The molecule has 2 aromatic heterocycles. The Labute approximate surface area is 315 Å². The highest BCUT2D eigenvalue weighted by atomic mass is 35.5. The van der Waals surface area contributed by atoms with Crippen molar-refractivity contribution < 1.29 is 39.2 Å². The van der Waals surface area contributed by atoms with Crippen molar-refractivity contribution in [3.63, 3.8) is 0 Å². The van der Waals surface area contributed by atoms with E-state index in [1.54, 1.807) is 30.3 Å². The Kier molecular flexibility index (Phi) is 12.1. The van der Waals surface area contributed by atoms with Gasteiger partial charge in [0.2, 0.25) is 11.8 Å². The molecular weight excluding hydrogens is 725 g/mol. The molecule has 5 N–H and O–H groups in total. The van der Waals surface area contributed by atoms with Crippen molar-refractivity contribution in [2.75, 3.05) is 32.1 Å². The molecular formula is C38H39Cl2N5O8. The third kappa shape index (κ3) is 9.06. The van der Waals surface area contributed by atoms with Crippen LogP contribution in [0.2, 0.25) is 10.0 Å². The van der Waals surface area contributed by atoms with Crippen LogP contribution in [0.5, 0.6) is 11.8 Å². The molecule has 4 aromatic rings. The minimum Gasteiger partial charge on any atom is -0.481 e. The number of anilines is 1. The summed E-state index contributed by atoms with van der Waals surface area (Å²) >= 11 is 13.2. The monoisotopic (exact) mass is 763 g/mol. The smallest absolute Gasteiger partial charge is 0.307 e. The van der Waals surface area contributed by atoms with Crippen LogP contribution in [0.1, 0.15) is 58.0 Å². The Hall–Kier alpha value is -4.79. The van der Waals surface area contributed by atoms with Gasteiger partial charge >= 0.3 is 11.9 Å². The lowest BCUT2D eigenvalue weighted by Crippen LogP contribution is -2.28. The number of ether oxygens (including phenoxy) is 2. The SMILES string of the molecule is COc1cc(CNCC(O)CC(=O)O)c(Cl)c(OC2CCc3cccc(-c4ccc(CN5CCC(C(=O)O)C5)c(NC(=O)c5ccccc5Cl)n4)c32)n1. The average Bonchev–Trinajstić information content (AvgIpc) is 3.78. The molecule has 3 heterocycles. The Balaban J connectivity index is 1.29. The lowest BCUT2D eigenvalue weighted by molar-refractivity contribution is -0.141. The molecule has 2 aliphatic rings. The van der Waals surface area contributed by atoms with E-state index in [0.29, 0.717) is 60.1 Å². The number of carbonyl (C=O) groups is 3. The molecule has 1 aliphatic heterocycles. The quantitative estimate of drug-likeness (QED) is 0.101. The Bertz CT molecular complexity index is 2010. The summed E-state index contributed by atoms with van der Waals surface area (Å²) in [5, 5.41) is 35.0. The summed E-state index contributed by atoms with van der Waals surface area (Å²) in [5.41, 5.74) is 4.96. The zero-order chi connectivity index (χ0) is 37.6. The first-order valence-corrected chi connectivity index (χ1v) is 17.9. The van der Waals surface area contributed by atoms with E-state index in [-0.39, 0.29) is 29.9 Å². The fraction of sp³-hybridized carbons (Fsp3) is 0.342. The summed E-state index contributed by atoms with van der Waals surface area (Å²) in [5.74, 6) is -2.05. The van der Waals surface area contributed by atoms with E-state index < -0.39 is 42.4 Å². The highest BCUT2D eigenvalue weighted by molar-refractivity contribution is 6.34. The van der Waals surface area contributed by atoms with Crippen LogP contribution in [0.15, 0.2) is 60.7 Å². The minimum absolute atomic E-state index is 0.0380. The summed E-state index contributed by atoms with van der Waals surface area (Å²) in [6, 6.07) is 18.1. The molecule has 0 spiro atoms. The molecule has 0 bridgehead atoms. The number of methoxy groups -OCH3 is 1. The lowest BCUT2D eigenvalue weighted by Gasteiger charge is -2.21. The number of carboxylic acids is 2. The minimum atomic E-state index is -1.10. The maximum absolute atomic E-state index is 13.5.